The molecule has 3 aromatic carbocycles. The topological polar surface area (TPSA) is 375 Å². The molecule has 0 bridgehead atoms. The summed E-state index contributed by atoms with van der Waals surface area (Å²) in [6, 6.07) is 27.1. The quantitative estimate of drug-likeness (QED) is 0.0270. The number of aliphatic hydroxyl groups excluding tert-OH is 7. The molecule has 0 amide bonds. The van der Waals surface area contributed by atoms with Crippen LogP contribution in [0.1, 0.15) is 69.5 Å². The predicted octanol–water partition coefficient (Wildman–Crippen LogP) is -4.79. The predicted molar refractivity (Wildman–Crippen MR) is 285 cm³/mol. The standard InChI is InChI=1S/C60H67N5O19/c1-3-47-53(75)55(77)57(79)59(83-47)81-45-16-12-36(13-17-45)8-10-39-22-41(61-43(24-39)28-64(30-49(67)68)31-50(69)70)26-63(21-20-38-6-4-35(2)5-7-38)27-42-23-40(25-44(62-42)29-65(32-51(71)72)33-52(73)74)11-9-37-14-18-46(19-15-37)82-60-58(80)56(78)54(76)48(34-66)84-60/h4-7,12-19,22-25,47-48,53-60,66,75-80H,3,20-21,26-34H2,1-2H3,(H,67,68)(H,69,70)(H,71,72)(H,73,74)/p-4. The Bertz CT molecular complexity index is 2960. The number of rotatable bonds is 25. The number of pyridine rings is 2. The van der Waals surface area contributed by atoms with Crippen molar-refractivity contribution < 1.29 is 94.3 Å². The number of benzene rings is 3. The molecule has 84 heavy (non-hydrogen) atoms. The average molecular weight is 1160 g/mol. The summed E-state index contributed by atoms with van der Waals surface area (Å²) in [7, 11) is 0. The van der Waals surface area contributed by atoms with Gasteiger partial charge in [0.1, 0.15) is 54.2 Å². The fourth-order valence-electron chi connectivity index (χ4n) is 9.31. The van der Waals surface area contributed by atoms with E-state index in [0.29, 0.717) is 53.0 Å². The highest BCUT2D eigenvalue weighted by Gasteiger charge is 2.45. The number of carbonyl (C=O) groups is 4. The summed E-state index contributed by atoms with van der Waals surface area (Å²) in [5.74, 6) is 6.62. The number of aromatic nitrogens is 2. The van der Waals surface area contributed by atoms with E-state index in [0.717, 1.165) is 20.9 Å². The maximum Gasteiger partial charge on any atom is 0.229 e. The summed E-state index contributed by atoms with van der Waals surface area (Å²) >= 11 is 0. The lowest BCUT2D eigenvalue weighted by Gasteiger charge is -2.40. The molecule has 2 fully saturated rings. The Balaban J connectivity index is 1.21. The zero-order valence-corrected chi connectivity index (χ0v) is 45.8. The van der Waals surface area contributed by atoms with Gasteiger partial charge in [0.05, 0.1) is 59.4 Å². The molecule has 7 rings (SSSR count). The van der Waals surface area contributed by atoms with E-state index in [2.05, 4.69) is 23.7 Å². The molecule has 24 nitrogen and oxygen atoms in total. The molecule has 0 radical (unpaired) electrons. The van der Waals surface area contributed by atoms with Gasteiger partial charge in [-0.3, -0.25) is 24.7 Å². The van der Waals surface area contributed by atoms with Crippen molar-refractivity contribution in [2.75, 3.05) is 39.3 Å². The molecule has 0 spiro atoms. The van der Waals surface area contributed by atoms with Gasteiger partial charge in [-0.2, -0.15) is 0 Å². The van der Waals surface area contributed by atoms with Crippen molar-refractivity contribution in [2.45, 2.75) is 114 Å². The van der Waals surface area contributed by atoms with Gasteiger partial charge in [-0.15, -0.1) is 0 Å². The van der Waals surface area contributed by atoms with Gasteiger partial charge in [-0.1, -0.05) is 60.4 Å². The highest BCUT2D eigenvalue weighted by atomic mass is 16.7. The molecule has 5 aromatic rings. The molecule has 446 valence electrons. The number of aryl methyl sites for hydroxylation is 1. The van der Waals surface area contributed by atoms with Crippen molar-refractivity contribution >= 4 is 23.9 Å². The van der Waals surface area contributed by atoms with E-state index in [4.69, 9.17) is 28.9 Å². The molecule has 24 heteroatoms. The fraction of sp³-hybridized carbons (Fsp3) is 0.400. The second kappa shape index (κ2) is 30.1. The minimum atomic E-state index is -1.65. The third kappa shape index (κ3) is 18.8. The summed E-state index contributed by atoms with van der Waals surface area (Å²) in [5.41, 5.74) is 5.10. The smallest absolute Gasteiger partial charge is 0.229 e. The van der Waals surface area contributed by atoms with Crippen molar-refractivity contribution in [3.63, 3.8) is 0 Å². The van der Waals surface area contributed by atoms with E-state index in [1.807, 2.05) is 36.1 Å². The van der Waals surface area contributed by atoms with E-state index < -0.39 is 118 Å². The van der Waals surface area contributed by atoms with Gasteiger partial charge in [0.25, 0.3) is 0 Å². The summed E-state index contributed by atoms with van der Waals surface area (Å²) in [5, 5.41) is 119. The van der Waals surface area contributed by atoms with Crippen LogP contribution < -0.4 is 29.9 Å². The first-order valence-corrected chi connectivity index (χ1v) is 26.7. The van der Waals surface area contributed by atoms with Crippen LogP contribution in [0.3, 0.4) is 0 Å². The minimum Gasteiger partial charge on any atom is -0.549 e. The number of hydrogen-bond donors (Lipinski definition) is 7. The first-order chi connectivity index (χ1) is 40.1. The van der Waals surface area contributed by atoms with Crippen LogP contribution in [-0.4, -0.2) is 185 Å². The molecule has 0 saturated carbocycles. The molecule has 2 aromatic heterocycles. The normalized spacial score (nSPS) is 22.1. The number of ether oxygens (including phenoxy) is 4. The van der Waals surface area contributed by atoms with E-state index in [1.54, 1.807) is 67.6 Å². The number of carboxylic acid groups (broad SMARTS) is 4. The molecule has 2 saturated heterocycles. The van der Waals surface area contributed by atoms with Crippen molar-refractivity contribution in [2.24, 2.45) is 0 Å². The molecular weight excluding hydrogens is 1090 g/mol. The van der Waals surface area contributed by atoms with Gasteiger partial charge >= 0.3 is 0 Å². The zero-order chi connectivity index (χ0) is 60.6. The molecule has 10 unspecified atom stereocenters. The first kappa shape index (κ1) is 63.7. The molecule has 4 heterocycles. The SMILES string of the molecule is CCC1OC(Oc2ccc(C#Cc3cc(CN(CC(=O)[O-])CC(=O)[O-])nc(CN(CCc4ccc(C)cc4)Cc4cc(C#Cc5ccc(OC6OC(CO)C(O)C(O)C6O)cc5)cc(CN(CC(=O)[O-])CC(=O)[O-])n4)c3)cc2)C(O)C(O)C1O. The number of carboxylic acids is 4. The minimum absolute atomic E-state index is 0.0870. The summed E-state index contributed by atoms with van der Waals surface area (Å²) in [6.45, 7) is 0.00449. The Kier molecular flexibility index (Phi) is 22.8. The third-order valence-electron chi connectivity index (χ3n) is 13.5. The van der Waals surface area contributed by atoms with E-state index in [-0.39, 0.29) is 49.1 Å². The Hall–Kier alpha value is -7.92. The number of carbonyl (C=O) groups excluding carboxylic acids is 4. The van der Waals surface area contributed by atoms with Crippen LogP contribution >= 0.6 is 0 Å². The highest BCUT2D eigenvalue weighted by Crippen LogP contribution is 2.27. The molecule has 10 atom stereocenters. The summed E-state index contributed by atoms with van der Waals surface area (Å²) in [4.78, 5) is 60.9. The second-order valence-electron chi connectivity index (χ2n) is 20.3. The maximum atomic E-state index is 11.8. The van der Waals surface area contributed by atoms with Crippen molar-refractivity contribution in [1.29, 1.82) is 0 Å². The number of nitrogens with zero attached hydrogens (tertiary/aromatic N) is 5. The monoisotopic (exact) mass is 1160 g/mol. The Morgan fingerprint density at radius 2 is 0.857 bits per heavy atom. The third-order valence-corrected chi connectivity index (χ3v) is 13.5. The second-order valence-corrected chi connectivity index (χ2v) is 20.3. The van der Waals surface area contributed by atoms with Gasteiger partial charge in [-0.05, 0) is 98.1 Å². The van der Waals surface area contributed by atoms with Crippen LogP contribution in [0, 0.1) is 30.6 Å². The maximum absolute atomic E-state index is 11.8. The van der Waals surface area contributed by atoms with Crippen LogP contribution in [-0.2, 0) is 61.3 Å². The molecule has 7 N–H and O–H groups in total. The van der Waals surface area contributed by atoms with Gasteiger partial charge in [0.15, 0.2) is 0 Å². The lowest BCUT2D eigenvalue weighted by atomic mass is 9.97. The van der Waals surface area contributed by atoms with Crippen molar-refractivity contribution in [1.82, 2.24) is 24.7 Å². The lowest BCUT2D eigenvalue weighted by molar-refractivity contribution is -0.313. The molecule has 0 aliphatic carbocycles. The molecule has 2 aliphatic heterocycles. The van der Waals surface area contributed by atoms with Crippen molar-refractivity contribution in [3.05, 3.63) is 153 Å². The van der Waals surface area contributed by atoms with Gasteiger partial charge < -0.3 is 94.3 Å². The van der Waals surface area contributed by atoms with Gasteiger partial charge in [-0.25, -0.2) is 0 Å². The van der Waals surface area contributed by atoms with E-state index in [1.165, 1.54) is 12.1 Å². The number of aliphatic carboxylic acids is 4. The van der Waals surface area contributed by atoms with Crippen LogP contribution in [0.2, 0.25) is 0 Å². The number of aliphatic hydroxyl groups is 7. The largest absolute Gasteiger partial charge is 0.549 e. The number of hydrogen-bond acceptors (Lipinski definition) is 24. The summed E-state index contributed by atoms with van der Waals surface area (Å²) < 4.78 is 22.7. The van der Waals surface area contributed by atoms with E-state index >= 15 is 0 Å². The van der Waals surface area contributed by atoms with Crippen LogP contribution in [0.15, 0.2) is 97.1 Å². The molecule has 2 aliphatic rings. The fourth-order valence-corrected chi connectivity index (χ4v) is 9.31. The highest BCUT2D eigenvalue weighted by molar-refractivity contribution is 5.71. The lowest BCUT2D eigenvalue weighted by Crippen LogP contribution is -2.60. The average Bonchev–Trinajstić information content (AvgIpc) is 3.32. The molecular formula is C60H63N5O19-4. The van der Waals surface area contributed by atoms with Crippen LogP contribution in [0.4, 0.5) is 0 Å². The zero-order valence-electron chi connectivity index (χ0n) is 45.8. The van der Waals surface area contributed by atoms with E-state index in [9.17, 15) is 75.3 Å². The Morgan fingerprint density at radius 1 is 0.500 bits per heavy atom. The first-order valence-electron chi connectivity index (χ1n) is 26.7. The van der Waals surface area contributed by atoms with Crippen molar-refractivity contribution in [3.8, 4) is 35.2 Å². The Labute approximate surface area is 483 Å². The van der Waals surface area contributed by atoms with Gasteiger partial charge in [0.2, 0.25) is 12.6 Å². The summed E-state index contributed by atoms with van der Waals surface area (Å²) in [6.07, 6.45) is -13.0. The van der Waals surface area contributed by atoms with Gasteiger partial charge in [0, 0.05) is 81.2 Å². The Morgan fingerprint density at radius 3 is 1.23 bits per heavy atom. The van der Waals surface area contributed by atoms with Crippen LogP contribution in [0.25, 0.3) is 0 Å². The van der Waals surface area contributed by atoms with Crippen LogP contribution in [0.5, 0.6) is 11.5 Å².